The second-order valence-corrected chi connectivity index (χ2v) is 4.75. The first-order valence-corrected chi connectivity index (χ1v) is 6.61. The van der Waals surface area contributed by atoms with E-state index in [9.17, 15) is 4.79 Å². The number of esters is 1. The molecule has 0 aliphatic heterocycles. The maximum Gasteiger partial charge on any atom is 0.323 e. The third kappa shape index (κ3) is 5.86. The largest absolute Gasteiger partial charge is 0.461 e. The maximum absolute atomic E-state index is 11.7. The number of carbonyl (C=O) groups excluding carboxylic acids is 1. The summed E-state index contributed by atoms with van der Waals surface area (Å²) < 4.78 is 5.38. The Kier molecular flexibility index (Phi) is 6.49. The van der Waals surface area contributed by atoms with Crippen molar-refractivity contribution in [2.24, 2.45) is 22.2 Å². The second kappa shape index (κ2) is 7.92. The Bertz CT molecular complexity index is 284. The first-order chi connectivity index (χ1) is 8.59. The van der Waals surface area contributed by atoms with Gasteiger partial charge in [0.1, 0.15) is 12.1 Å². The summed E-state index contributed by atoms with van der Waals surface area (Å²) in [6.45, 7) is 0.493. The molecule has 0 aromatic heterocycles. The van der Waals surface area contributed by atoms with Crippen molar-refractivity contribution in [3.8, 4) is 0 Å². The van der Waals surface area contributed by atoms with Gasteiger partial charge in [-0.3, -0.25) is 9.79 Å². The number of hydrogen-bond donors (Lipinski definition) is 3. The number of aliphatic imine (C=N–C) groups is 1. The average Bonchev–Trinajstić information content (AvgIpc) is 2.35. The lowest BCUT2D eigenvalue weighted by atomic mass is 9.98. The van der Waals surface area contributed by atoms with Gasteiger partial charge in [0, 0.05) is 6.54 Å². The predicted molar refractivity (Wildman–Crippen MR) is 70.9 cm³/mol. The summed E-state index contributed by atoms with van der Waals surface area (Å²) >= 11 is 0. The Morgan fingerprint density at radius 1 is 1.28 bits per heavy atom. The van der Waals surface area contributed by atoms with Gasteiger partial charge < -0.3 is 21.9 Å². The van der Waals surface area contributed by atoms with Gasteiger partial charge in [0.2, 0.25) is 0 Å². The molecule has 1 fully saturated rings. The maximum atomic E-state index is 11.7. The average molecular weight is 256 g/mol. The van der Waals surface area contributed by atoms with Crippen LogP contribution in [0.3, 0.4) is 0 Å². The fourth-order valence-electron chi connectivity index (χ4n) is 2.07. The third-order valence-electron chi connectivity index (χ3n) is 3.11. The molecule has 0 saturated heterocycles. The molecule has 104 valence electrons. The van der Waals surface area contributed by atoms with Gasteiger partial charge in [0.15, 0.2) is 5.96 Å². The van der Waals surface area contributed by atoms with Crippen LogP contribution in [0, 0.1) is 0 Å². The van der Waals surface area contributed by atoms with E-state index in [1.807, 2.05) is 0 Å². The fourth-order valence-corrected chi connectivity index (χ4v) is 2.07. The van der Waals surface area contributed by atoms with Crippen molar-refractivity contribution in [1.29, 1.82) is 0 Å². The summed E-state index contributed by atoms with van der Waals surface area (Å²) in [7, 11) is 0. The van der Waals surface area contributed by atoms with Crippen LogP contribution < -0.4 is 17.2 Å². The van der Waals surface area contributed by atoms with Gasteiger partial charge in [0.05, 0.1) is 0 Å². The van der Waals surface area contributed by atoms with E-state index < -0.39 is 6.04 Å². The summed E-state index contributed by atoms with van der Waals surface area (Å²) in [5, 5.41) is 0. The highest BCUT2D eigenvalue weighted by Crippen LogP contribution is 2.20. The van der Waals surface area contributed by atoms with Gasteiger partial charge in [-0.15, -0.1) is 0 Å². The predicted octanol–water partition coefficient (Wildman–Crippen LogP) is 0.243. The smallest absolute Gasteiger partial charge is 0.323 e. The lowest BCUT2D eigenvalue weighted by Gasteiger charge is -2.23. The van der Waals surface area contributed by atoms with Crippen LogP contribution in [0.15, 0.2) is 4.99 Å². The van der Waals surface area contributed by atoms with Crippen molar-refractivity contribution in [1.82, 2.24) is 0 Å². The van der Waals surface area contributed by atoms with Gasteiger partial charge in [-0.05, 0) is 38.5 Å². The third-order valence-corrected chi connectivity index (χ3v) is 3.11. The minimum Gasteiger partial charge on any atom is -0.461 e. The van der Waals surface area contributed by atoms with E-state index >= 15 is 0 Å². The van der Waals surface area contributed by atoms with E-state index in [0.717, 1.165) is 25.7 Å². The van der Waals surface area contributed by atoms with Crippen LogP contribution >= 0.6 is 0 Å². The zero-order chi connectivity index (χ0) is 13.4. The quantitative estimate of drug-likeness (QED) is 0.272. The molecule has 1 saturated carbocycles. The molecule has 6 nitrogen and oxygen atoms in total. The first-order valence-electron chi connectivity index (χ1n) is 6.61. The molecular formula is C12H24N4O2. The molecule has 1 rings (SSSR count). The number of rotatable bonds is 6. The van der Waals surface area contributed by atoms with Crippen molar-refractivity contribution in [3.63, 3.8) is 0 Å². The van der Waals surface area contributed by atoms with E-state index in [-0.39, 0.29) is 18.0 Å². The minimum atomic E-state index is -0.568. The summed E-state index contributed by atoms with van der Waals surface area (Å²) in [5.41, 5.74) is 16.2. The van der Waals surface area contributed by atoms with Gasteiger partial charge in [0.25, 0.3) is 0 Å². The summed E-state index contributed by atoms with van der Waals surface area (Å²) in [6.07, 6.45) is 6.73. The molecule has 0 radical (unpaired) electrons. The van der Waals surface area contributed by atoms with Crippen molar-refractivity contribution in [2.45, 2.75) is 57.1 Å². The molecule has 0 aromatic rings. The lowest BCUT2D eigenvalue weighted by Crippen LogP contribution is -2.35. The van der Waals surface area contributed by atoms with Gasteiger partial charge in [-0.1, -0.05) is 6.42 Å². The Morgan fingerprint density at radius 3 is 2.56 bits per heavy atom. The van der Waals surface area contributed by atoms with Crippen molar-refractivity contribution < 1.29 is 9.53 Å². The topological polar surface area (TPSA) is 117 Å². The molecular weight excluding hydrogens is 232 g/mol. The zero-order valence-electron chi connectivity index (χ0n) is 10.8. The molecule has 0 amide bonds. The molecule has 18 heavy (non-hydrogen) atoms. The molecule has 6 heteroatoms. The van der Waals surface area contributed by atoms with Crippen LogP contribution in [0.25, 0.3) is 0 Å². The van der Waals surface area contributed by atoms with E-state index in [0.29, 0.717) is 19.4 Å². The molecule has 6 N–H and O–H groups in total. The minimum absolute atomic E-state index is 0.0633. The van der Waals surface area contributed by atoms with Gasteiger partial charge in [-0.2, -0.15) is 0 Å². The van der Waals surface area contributed by atoms with E-state index in [1.54, 1.807) is 0 Å². The number of hydrogen-bond acceptors (Lipinski definition) is 4. The number of carbonyl (C=O) groups is 1. The standard InChI is InChI=1S/C12H24N4O2/c13-10(7-4-8-16-12(14)15)11(17)18-9-5-2-1-3-6-9/h9-10H,1-8,13H2,(H4,14,15,16). The van der Waals surface area contributed by atoms with E-state index in [2.05, 4.69) is 4.99 Å². The Morgan fingerprint density at radius 2 is 1.94 bits per heavy atom. The molecule has 0 heterocycles. The molecule has 0 spiro atoms. The fraction of sp³-hybridized carbons (Fsp3) is 0.833. The van der Waals surface area contributed by atoms with Crippen LogP contribution in [-0.2, 0) is 9.53 Å². The molecule has 1 aliphatic carbocycles. The van der Waals surface area contributed by atoms with Crippen LogP contribution in [0.1, 0.15) is 44.9 Å². The lowest BCUT2D eigenvalue weighted by molar-refractivity contribution is -0.152. The highest BCUT2D eigenvalue weighted by molar-refractivity contribution is 5.76. The SMILES string of the molecule is NC(N)=NCCCC(N)C(=O)OC1CCCCC1. The zero-order valence-corrected chi connectivity index (χ0v) is 10.8. The number of ether oxygens (including phenoxy) is 1. The Balaban J connectivity index is 2.17. The molecule has 0 bridgehead atoms. The highest BCUT2D eigenvalue weighted by atomic mass is 16.5. The van der Waals surface area contributed by atoms with Crippen LogP contribution in [0.4, 0.5) is 0 Å². The van der Waals surface area contributed by atoms with Gasteiger partial charge >= 0.3 is 5.97 Å². The number of guanidine groups is 1. The number of nitrogens with two attached hydrogens (primary N) is 3. The highest BCUT2D eigenvalue weighted by Gasteiger charge is 2.21. The van der Waals surface area contributed by atoms with Crippen LogP contribution in [0.2, 0.25) is 0 Å². The second-order valence-electron chi connectivity index (χ2n) is 4.75. The van der Waals surface area contributed by atoms with Crippen molar-refractivity contribution in [3.05, 3.63) is 0 Å². The molecule has 1 atom stereocenters. The van der Waals surface area contributed by atoms with E-state index in [1.165, 1.54) is 6.42 Å². The Labute approximate surface area is 108 Å². The number of nitrogens with zero attached hydrogens (tertiary/aromatic N) is 1. The van der Waals surface area contributed by atoms with Gasteiger partial charge in [-0.25, -0.2) is 0 Å². The summed E-state index contributed by atoms with van der Waals surface area (Å²) in [5.74, 6) is -0.236. The van der Waals surface area contributed by atoms with Crippen LogP contribution in [-0.4, -0.2) is 30.6 Å². The van der Waals surface area contributed by atoms with E-state index in [4.69, 9.17) is 21.9 Å². The van der Waals surface area contributed by atoms with Crippen molar-refractivity contribution >= 4 is 11.9 Å². The summed E-state index contributed by atoms with van der Waals surface area (Å²) in [4.78, 5) is 15.5. The first kappa shape index (κ1) is 14.8. The normalized spacial score (nSPS) is 18.1. The Hall–Kier alpha value is -1.30. The molecule has 0 aromatic carbocycles. The monoisotopic (exact) mass is 256 g/mol. The molecule has 1 unspecified atom stereocenters. The van der Waals surface area contributed by atoms with Crippen LogP contribution in [0.5, 0.6) is 0 Å². The molecule has 1 aliphatic rings. The van der Waals surface area contributed by atoms with Crippen molar-refractivity contribution in [2.75, 3.05) is 6.54 Å². The summed E-state index contributed by atoms with van der Waals surface area (Å²) in [6, 6.07) is -0.568.